The summed E-state index contributed by atoms with van der Waals surface area (Å²) in [6.07, 6.45) is 3.86. The molecular formula is C12H17N3O3. The fourth-order valence-corrected chi connectivity index (χ4v) is 2.03. The third-order valence-electron chi connectivity index (χ3n) is 3.03. The third-order valence-corrected chi connectivity index (χ3v) is 3.03. The van der Waals surface area contributed by atoms with Gasteiger partial charge in [0.1, 0.15) is 12.3 Å². The van der Waals surface area contributed by atoms with E-state index >= 15 is 0 Å². The molecule has 3 N–H and O–H groups in total. The summed E-state index contributed by atoms with van der Waals surface area (Å²) in [5, 5.41) is 8.92. The number of nitrogens with two attached hydrogens (primary N) is 1. The Hall–Kier alpha value is -1.82. The molecule has 2 heterocycles. The van der Waals surface area contributed by atoms with Gasteiger partial charge in [0.05, 0.1) is 5.56 Å². The Morgan fingerprint density at radius 3 is 2.89 bits per heavy atom. The molecule has 1 aromatic rings. The summed E-state index contributed by atoms with van der Waals surface area (Å²) in [7, 11) is 0. The maximum absolute atomic E-state index is 10.9. The molecular weight excluding hydrogens is 234 g/mol. The van der Waals surface area contributed by atoms with Crippen molar-refractivity contribution in [3.05, 3.63) is 17.8 Å². The number of hydrogen-bond donors (Lipinski definition) is 2. The lowest BCUT2D eigenvalue weighted by molar-refractivity contribution is 0.0697. The lowest BCUT2D eigenvalue weighted by Gasteiger charge is -2.15. The lowest BCUT2D eigenvalue weighted by Crippen LogP contribution is -2.25. The molecule has 0 saturated carbocycles. The standard InChI is InChI=1S/C12H17N3O3/c13-10-9(12(16)17)3-4-14-11(10)18-8-7-15-5-1-2-6-15/h3-4H,1-2,5-8,13H2,(H,16,17). The van der Waals surface area contributed by atoms with Crippen LogP contribution in [-0.4, -0.2) is 47.2 Å². The highest BCUT2D eigenvalue weighted by Gasteiger charge is 2.14. The van der Waals surface area contributed by atoms with Crippen LogP contribution in [-0.2, 0) is 0 Å². The summed E-state index contributed by atoms with van der Waals surface area (Å²) >= 11 is 0. The molecule has 18 heavy (non-hydrogen) atoms. The second-order valence-corrected chi connectivity index (χ2v) is 4.28. The van der Waals surface area contributed by atoms with E-state index in [-0.39, 0.29) is 17.1 Å². The fourth-order valence-electron chi connectivity index (χ4n) is 2.03. The van der Waals surface area contributed by atoms with Crippen molar-refractivity contribution in [3.8, 4) is 5.88 Å². The predicted octanol–water partition coefficient (Wildman–Crippen LogP) is 0.837. The number of nitrogens with zero attached hydrogens (tertiary/aromatic N) is 2. The van der Waals surface area contributed by atoms with Gasteiger partial charge in [0.2, 0.25) is 5.88 Å². The highest BCUT2D eigenvalue weighted by molar-refractivity contribution is 5.94. The Balaban J connectivity index is 1.92. The van der Waals surface area contributed by atoms with Gasteiger partial charge in [-0.25, -0.2) is 9.78 Å². The number of carboxylic acids is 1. The molecule has 0 atom stereocenters. The molecule has 0 radical (unpaired) electrons. The quantitative estimate of drug-likeness (QED) is 0.806. The fraction of sp³-hybridized carbons (Fsp3) is 0.500. The van der Waals surface area contributed by atoms with E-state index in [1.165, 1.54) is 25.1 Å². The van der Waals surface area contributed by atoms with Crippen molar-refractivity contribution in [1.82, 2.24) is 9.88 Å². The molecule has 0 amide bonds. The van der Waals surface area contributed by atoms with Gasteiger partial charge in [-0.3, -0.25) is 4.90 Å². The highest BCUT2D eigenvalue weighted by atomic mass is 16.5. The van der Waals surface area contributed by atoms with Crippen LogP contribution in [0, 0.1) is 0 Å². The summed E-state index contributed by atoms with van der Waals surface area (Å²) in [5.41, 5.74) is 5.81. The van der Waals surface area contributed by atoms with Crippen LogP contribution in [0.25, 0.3) is 0 Å². The van der Waals surface area contributed by atoms with Gasteiger partial charge in [0.15, 0.2) is 0 Å². The molecule has 1 saturated heterocycles. The van der Waals surface area contributed by atoms with Gasteiger partial charge in [0.25, 0.3) is 0 Å². The first-order valence-electron chi connectivity index (χ1n) is 6.01. The van der Waals surface area contributed by atoms with E-state index < -0.39 is 5.97 Å². The molecule has 6 heteroatoms. The molecule has 0 aromatic carbocycles. The molecule has 0 bridgehead atoms. The van der Waals surface area contributed by atoms with Crippen molar-refractivity contribution in [1.29, 1.82) is 0 Å². The number of likely N-dealkylation sites (tertiary alicyclic amines) is 1. The summed E-state index contributed by atoms with van der Waals surface area (Å²) in [6.45, 7) is 3.49. The number of anilines is 1. The number of ether oxygens (including phenoxy) is 1. The van der Waals surface area contributed by atoms with Crippen LogP contribution in [0.15, 0.2) is 12.3 Å². The normalized spacial score (nSPS) is 15.8. The first-order chi connectivity index (χ1) is 8.68. The van der Waals surface area contributed by atoms with E-state index in [1.807, 2.05) is 0 Å². The van der Waals surface area contributed by atoms with Crippen LogP contribution >= 0.6 is 0 Å². The Bertz CT molecular complexity index is 431. The Morgan fingerprint density at radius 2 is 2.22 bits per heavy atom. The number of carboxylic acid groups (broad SMARTS) is 1. The minimum absolute atomic E-state index is 0.0289. The number of pyridine rings is 1. The molecule has 6 nitrogen and oxygen atoms in total. The molecule has 1 aromatic heterocycles. The molecule has 2 rings (SSSR count). The Labute approximate surface area is 105 Å². The van der Waals surface area contributed by atoms with Crippen molar-refractivity contribution >= 4 is 11.7 Å². The molecule has 0 aliphatic carbocycles. The SMILES string of the molecule is Nc1c(C(=O)O)ccnc1OCCN1CCCC1. The van der Waals surface area contributed by atoms with Crippen molar-refractivity contribution in [2.75, 3.05) is 32.0 Å². The highest BCUT2D eigenvalue weighted by Crippen LogP contribution is 2.22. The summed E-state index contributed by atoms with van der Waals surface area (Å²) in [6, 6.07) is 1.37. The van der Waals surface area contributed by atoms with Crippen LogP contribution in [0.3, 0.4) is 0 Å². The molecule has 98 valence electrons. The summed E-state index contributed by atoms with van der Waals surface area (Å²) in [5.74, 6) is -0.867. The Kier molecular flexibility index (Phi) is 3.99. The van der Waals surface area contributed by atoms with Crippen LogP contribution in [0.1, 0.15) is 23.2 Å². The van der Waals surface area contributed by atoms with E-state index in [1.54, 1.807) is 0 Å². The van der Waals surface area contributed by atoms with Gasteiger partial charge in [-0.15, -0.1) is 0 Å². The number of nitrogen functional groups attached to an aromatic ring is 1. The Morgan fingerprint density at radius 1 is 1.50 bits per heavy atom. The van der Waals surface area contributed by atoms with Crippen molar-refractivity contribution in [2.45, 2.75) is 12.8 Å². The largest absolute Gasteiger partial charge is 0.478 e. The van der Waals surface area contributed by atoms with E-state index in [0.29, 0.717) is 6.61 Å². The summed E-state index contributed by atoms with van der Waals surface area (Å²) < 4.78 is 5.45. The maximum atomic E-state index is 10.9. The van der Waals surface area contributed by atoms with E-state index in [2.05, 4.69) is 9.88 Å². The van der Waals surface area contributed by atoms with Crippen molar-refractivity contribution in [3.63, 3.8) is 0 Å². The third kappa shape index (κ3) is 2.89. The number of rotatable bonds is 5. The summed E-state index contributed by atoms with van der Waals surface area (Å²) in [4.78, 5) is 17.1. The number of aromatic carboxylic acids is 1. The molecule has 0 unspecified atom stereocenters. The van der Waals surface area contributed by atoms with Crippen LogP contribution in [0.5, 0.6) is 5.88 Å². The second-order valence-electron chi connectivity index (χ2n) is 4.28. The van der Waals surface area contributed by atoms with Crippen LogP contribution in [0.4, 0.5) is 5.69 Å². The zero-order valence-corrected chi connectivity index (χ0v) is 10.1. The van der Waals surface area contributed by atoms with Gasteiger partial charge in [-0.1, -0.05) is 0 Å². The topological polar surface area (TPSA) is 88.7 Å². The maximum Gasteiger partial charge on any atom is 0.338 e. The van der Waals surface area contributed by atoms with Crippen molar-refractivity contribution < 1.29 is 14.6 Å². The van der Waals surface area contributed by atoms with Gasteiger partial charge in [0, 0.05) is 12.7 Å². The predicted molar refractivity (Wildman–Crippen MR) is 66.8 cm³/mol. The van der Waals surface area contributed by atoms with E-state index in [9.17, 15) is 4.79 Å². The van der Waals surface area contributed by atoms with Gasteiger partial charge < -0.3 is 15.6 Å². The lowest BCUT2D eigenvalue weighted by atomic mass is 10.2. The zero-order chi connectivity index (χ0) is 13.0. The first kappa shape index (κ1) is 12.6. The zero-order valence-electron chi connectivity index (χ0n) is 10.1. The first-order valence-corrected chi connectivity index (χ1v) is 6.01. The van der Waals surface area contributed by atoms with E-state index in [0.717, 1.165) is 19.6 Å². The van der Waals surface area contributed by atoms with Gasteiger partial charge in [-0.05, 0) is 32.0 Å². The molecule has 1 aliphatic heterocycles. The minimum Gasteiger partial charge on any atom is -0.478 e. The molecule has 0 spiro atoms. The second kappa shape index (κ2) is 5.68. The molecule has 1 aliphatic rings. The van der Waals surface area contributed by atoms with Crippen molar-refractivity contribution in [2.24, 2.45) is 0 Å². The molecule has 1 fully saturated rings. The van der Waals surface area contributed by atoms with Crippen LogP contribution < -0.4 is 10.5 Å². The number of carbonyl (C=O) groups is 1. The van der Waals surface area contributed by atoms with Gasteiger partial charge in [-0.2, -0.15) is 0 Å². The minimum atomic E-state index is -1.07. The average Bonchev–Trinajstić information content (AvgIpc) is 2.84. The van der Waals surface area contributed by atoms with E-state index in [4.69, 9.17) is 15.6 Å². The van der Waals surface area contributed by atoms with Gasteiger partial charge >= 0.3 is 5.97 Å². The number of hydrogen-bond acceptors (Lipinski definition) is 5. The average molecular weight is 251 g/mol. The van der Waals surface area contributed by atoms with Crippen LogP contribution in [0.2, 0.25) is 0 Å². The number of aromatic nitrogens is 1. The smallest absolute Gasteiger partial charge is 0.338 e. The monoisotopic (exact) mass is 251 g/mol.